The second-order valence-corrected chi connectivity index (χ2v) is 5.65. The van der Waals surface area contributed by atoms with E-state index in [-0.39, 0.29) is 23.7 Å². The molecule has 0 aromatic heterocycles. The number of nitrogens with zero attached hydrogens (tertiary/aromatic N) is 1. The van der Waals surface area contributed by atoms with Crippen LogP contribution in [0.1, 0.15) is 22.8 Å². The normalized spacial score (nSPS) is 10.1. The summed E-state index contributed by atoms with van der Waals surface area (Å²) < 4.78 is 15.3. The van der Waals surface area contributed by atoms with Gasteiger partial charge in [0.15, 0.2) is 18.1 Å². The fraction of sp³-hybridized carbons (Fsp3) is 0.263. The van der Waals surface area contributed by atoms with Gasteiger partial charge in [0.2, 0.25) is 0 Å². The summed E-state index contributed by atoms with van der Waals surface area (Å²) >= 11 is 0. The maximum Gasteiger partial charge on any atom is 0.345 e. The smallest absolute Gasteiger partial charge is 0.345 e. The fourth-order valence-corrected chi connectivity index (χ4v) is 2.40. The molecule has 28 heavy (non-hydrogen) atoms. The van der Waals surface area contributed by atoms with Crippen molar-refractivity contribution in [2.24, 2.45) is 0 Å². The van der Waals surface area contributed by atoms with E-state index in [1.54, 1.807) is 19.1 Å². The molecule has 2 aromatic rings. The largest absolute Gasteiger partial charge is 0.493 e. The van der Waals surface area contributed by atoms with E-state index in [0.29, 0.717) is 5.69 Å². The van der Waals surface area contributed by atoms with Crippen LogP contribution in [0.15, 0.2) is 36.4 Å². The van der Waals surface area contributed by atoms with Gasteiger partial charge < -0.3 is 19.5 Å². The summed E-state index contributed by atoms with van der Waals surface area (Å²) in [5.41, 5.74) is 0.578. The summed E-state index contributed by atoms with van der Waals surface area (Å²) in [7, 11) is 1.33. The van der Waals surface area contributed by atoms with Crippen LogP contribution in [-0.4, -0.2) is 37.1 Å². The average Bonchev–Trinajstić information content (AvgIpc) is 2.67. The SMILES string of the molecule is CCOc1cc(C(=O)OCC(=O)Nc2ccccc2C)c([N+](=O)[O-])cc1OC. The van der Waals surface area contributed by atoms with Gasteiger partial charge in [-0.1, -0.05) is 18.2 Å². The van der Waals surface area contributed by atoms with Gasteiger partial charge in [-0.15, -0.1) is 0 Å². The lowest BCUT2D eigenvalue weighted by molar-refractivity contribution is -0.385. The Kier molecular flexibility index (Phi) is 6.91. The average molecular weight is 388 g/mol. The van der Waals surface area contributed by atoms with Crippen molar-refractivity contribution in [2.75, 3.05) is 25.6 Å². The summed E-state index contributed by atoms with van der Waals surface area (Å²) in [6, 6.07) is 9.35. The highest BCUT2D eigenvalue weighted by molar-refractivity contribution is 5.98. The lowest BCUT2D eigenvalue weighted by atomic mass is 10.1. The van der Waals surface area contributed by atoms with E-state index in [1.807, 2.05) is 19.1 Å². The number of nitro groups is 1. The number of carbonyl (C=O) groups excluding carboxylic acids is 2. The summed E-state index contributed by atoms with van der Waals surface area (Å²) in [5.74, 6) is -1.31. The van der Waals surface area contributed by atoms with Gasteiger partial charge in [0, 0.05) is 11.8 Å². The van der Waals surface area contributed by atoms with Crippen molar-refractivity contribution in [3.8, 4) is 11.5 Å². The second-order valence-electron chi connectivity index (χ2n) is 5.65. The number of para-hydroxylation sites is 1. The molecule has 1 amide bonds. The van der Waals surface area contributed by atoms with Crippen molar-refractivity contribution >= 4 is 23.3 Å². The summed E-state index contributed by atoms with van der Waals surface area (Å²) in [4.78, 5) is 34.9. The Labute approximate surface area is 161 Å². The third-order valence-electron chi connectivity index (χ3n) is 3.75. The van der Waals surface area contributed by atoms with Gasteiger partial charge in [0.1, 0.15) is 5.56 Å². The number of nitrogens with one attached hydrogen (secondary N) is 1. The van der Waals surface area contributed by atoms with E-state index in [9.17, 15) is 19.7 Å². The van der Waals surface area contributed by atoms with Crippen LogP contribution in [0.4, 0.5) is 11.4 Å². The van der Waals surface area contributed by atoms with Crippen LogP contribution in [0, 0.1) is 17.0 Å². The first-order valence-electron chi connectivity index (χ1n) is 8.39. The highest BCUT2D eigenvalue weighted by Gasteiger charge is 2.26. The molecule has 0 aliphatic heterocycles. The molecule has 9 heteroatoms. The molecule has 1 N–H and O–H groups in total. The Morgan fingerprint density at radius 3 is 2.50 bits per heavy atom. The molecule has 2 rings (SSSR count). The monoisotopic (exact) mass is 388 g/mol. The minimum Gasteiger partial charge on any atom is -0.493 e. The zero-order valence-corrected chi connectivity index (χ0v) is 15.7. The second kappa shape index (κ2) is 9.36. The molecule has 0 atom stereocenters. The number of amides is 1. The summed E-state index contributed by atoms with van der Waals surface area (Å²) in [6.45, 7) is 3.20. The highest BCUT2D eigenvalue weighted by Crippen LogP contribution is 2.35. The Morgan fingerprint density at radius 2 is 1.89 bits per heavy atom. The zero-order valence-electron chi connectivity index (χ0n) is 15.7. The molecule has 0 saturated heterocycles. The maximum atomic E-state index is 12.3. The van der Waals surface area contributed by atoms with Crippen LogP contribution in [0.3, 0.4) is 0 Å². The highest BCUT2D eigenvalue weighted by atomic mass is 16.6. The molecule has 0 radical (unpaired) electrons. The van der Waals surface area contributed by atoms with Crippen molar-refractivity contribution in [2.45, 2.75) is 13.8 Å². The molecule has 0 aliphatic rings. The number of anilines is 1. The first-order valence-corrected chi connectivity index (χ1v) is 8.39. The van der Waals surface area contributed by atoms with Gasteiger partial charge in [0.25, 0.3) is 11.6 Å². The van der Waals surface area contributed by atoms with E-state index < -0.39 is 29.1 Å². The number of methoxy groups -OCH3 is 1. The van der Waals surface area contributed by atoms with Crippen LogP contribution < -0.4 is 14.8 Å². The molecular formula is C19H20N2O7. The van der Waals surface area contributed by atoms with Gasteiger partial charge >= 0.3 is 5.97 Å². The number of esters is 1. The minimum atomic E-state index is -1.02. The molecular weight excluding hydrogens is 368 g/mol. The standard InChI is InChI=1S/C19H20N2O7/c1-4-27-17-9-13(15(21(24)25)10-16(17)26-3)19(23)28-11-18(22)20-14-8-6-5-7-12(14)2/h5-10H,4,11H2,1-3H3,(H,20,22). The van der Waals surface area contributed by atoms with Gasteiger partial charge in [-0.05, 0) is 25.5 Å². The van der Waals surface area contributed by atoms with Gasteiger partial charge in [-0.3, -0.25) is 14.9 Å². The van der Waals surface area contributed by atoms with Gasteiger partial charge in [-0.25, -0.2) is 4.79 Å². The van der Waals surface area contributed by atoms with Gasteiger partial charge in [-0.2, -0.15) is 0 Å². The lowest BCUT2D eigenvalue weighted by Gasteiger charge is -2.12. The zero-order chi connectivity index (χ0) is 20.7. The summed E-state index contributed by atoms with van der Waals surface area (Å²) in [5, 5.41) is 13.9. The van der Waals surface area contributed by atoms with Crippen molar-refractivity contribution in [3.05, 3.63) is 57.6 Å². The van der Waals surface area contributed by atoms with Crippen LogP contribution in [0.2, 0.25) is 0 Å². The molecule has 148 valence electrons. The van der Waals surface area contributed by atoms with E-state index in [0.717, 1.165) is 11.6 Å². The molecule has 9 nitrogen and oxygen atoms in total. The number of rotatable bonds is 8. The van der Waals surface area contributed by atoms with E-state index in [1.165, 1.54) is 13.2 Å². The number of nitro benzene ring substituents is 1. The molecule has 0 bridgehead atoms. The number of benzene rings is 2. The van der Waals surface area contributed by atoms with Crippen LogP contribution in [0.5, 0.6) is 11.5 Å². The van der Waals surface area contributed by atoms with E-state index >= 15 is 0 Å². The Hall–Kier alpha value is -3.62. The lowest BCUT2D eigenvalue weighted by Crippen LogP contribution is -2.21. The first-order chi connectivity index (χ1) is 13.4. The Morgan fingerprint density at radius 1 is 1.18 bits per heavy atom. The van der Waals surface area contributed by atoms with Crippen molar-refractivity contribution < 1.29 is 28.7 Å². The van der Waals surface area contributed by atoms with E-state index in [2.05, 4.69) is 5.32 Å². The van der Waals surface area contributed by atoms with Gasteiger partial charge in [0.05, 0.1) is 24.7 Å². The number of ether oxygens (including phenoxy) is 3. The third-order valence-corrected chi connectivity index (χ3v) is 3.75. The van der Waals surface area contributed by atoms with Crippen LogP contribution in [-0.2, 0) is 9.53 Å². The number of carbonyl (C=O) groups is 2. The van der Waals surface area contributed by atoms with Crippen molar-refractivity contribution in [1.82, 2.24) is 0 Å². The molecule has 0 heterocycles. The molecule has 0 unspecified atom stereocenters. The predicted molar refractivity (Wildman–Crippen MR) is 101 cm³/mol. The first kappa shape index (κ1) is 20.7. The molecule has 0 saturated carbocycles. The molecule has 0 fully saturated rings. The molecule has 2 aromatic carbocycles. The topological polar surface area (TPSA) is 117 Å². The maximum absolute atomic E-state index is 12.3. The fourth-order valence-electron chi connectivity index (χ4n) is 2.40. The van der Waals surface area contributed by atoms with Crippen molar-refractivity contribution in [1.29, 1.82) is 0 Å². The van der Waals surface area contributed by atoms with Crippen LogP contribution in [0.25, 0.3) is 0 Å². The Bertz CT molecular complexity index is 896. The number of hydrogen-bond acceptors (Lipinski definition) is 7. The van der Waals surface area contributed by atoms with Crippen LogP contribution >= 0.6 is 0 Å². The third kappa shape index (κ3) is 4.97. The molecule has 0 spiro atoms. The summed E-state index contributed by atoms with van der Waals surface area (Å²) in [6.07, 6.45) is 0. The predicted octanol–water partition coefficient (Wildman–Crippen LogP) is 3.11. The number of aryl methyl sites for hydroxylation is 1. The number of hydrogen-bond donors (Lipinski definition) is 1. The van der Waals surface area contributed by atoms with E-state index in [4.69, 9.17) is 14.2 Å². The quantitative estimate of drug-likeness (QED) is 0.419. The van der Waals surface area contributed by atoms with Crippen molar-refractivity contribution in [3.63, 3.8) is 0 Å². The minimum absolute atomic E-state index is 0.113. The Balaban J connectivity index is 2.16. The molecule has 0 aliphatic carbocycles.